The molecule has 4 N–H and O–H groups in total. The molecule has 0 saturated heterocycles. The average molecular weight is 235 g/mol. The Balaban J connectivity index is 2.47. The van der Waals surface area contributed by atoms with Gasteiger partial charge in [-0.05, 0) is 37.6 Å². The zero-order valence-electron chi connectivity index (χ0n) is 10.5. The van der Waals surface area contributed by atoms with Gasteiger partial charge in [0.2, 0.25) is 0 Å². The van der Waals surface area contributed by atoms with Crippen LogP contribution in [0.3, 0.4) is 0 Å². The first-order valence-corrected chi connectivity index (χ1v) is 6.05. The summed E-state index contributed by atoms with van der Waals surface area (Å²) in [5, 5.41) is 5.94. The van der Waals surface area contributed by atoms with Gasteiger partial charge in [0.25, 0.3) is 0 Å². The van der Waals surface area contributed by atoms with Crippen LogP contribution in [-0.2, 0) is 0 Å². The fourth-order valence-electron chi connectivity index (χ4n) is 1.66. The first-order chi connectivity index (χ1) is 8.11. The van der Waals surface area contributed by atoms with Gasteiger partial charge in [0.05, 0.1) is 0 Å². The monoisotopic (exact) mass is 235 g/mol. The molecule has 4 heteroatoms. The van der Waals surface area contributed by atoms with E-state index in [-0.39, 0.29) is 0 Å². The number of benzene rings is 1. The van der Waals surface area contributed by atoms with Crippen LogP contribution >= 0.6 is 0 Å². The molecular formula is C13H21N3O. The van der Waals surface area contributed by atoms with E-state index in [1.807, 2.05) is 24.3 Å². The van der Waals surface area contributed by atoms with Gasteiger partial charge in [-0.3, -0.25) is 0 Å². The van der Waals surface area contributed by atoms with E-state index >= 15 is 0 Å². The summed E-state index contributed by atoms with van der Waals surface area (Å²) in [6, 6.07) is 7.47. The number of anilines is 2. The largest absolute Gasteiger partial charge is 0.383 e. The highest BCUT2D eigenvalue weighted by Gasteiger charge is 2.01. The van der Waals surface area contributed by atoms with Crippen LogP contribution in [0.2, 0.25) is 0 Å². The summed E-state index contributed by atoms with van der Waals surface area (Å²) in [6.45, 7) is 4.36. The first kappa shape index (κ1) is 13.4. The molecule has 0 bridgehead atoms. The van der Waals surface area contributed by atoms with E-state index in [9.17, 15) is 4.79 Å². The van der Waals surface area contributed by atoms with Crippen molar-refractivity contribution < 1.29 is 4.79 Å². The first-order valence-electron chi connectivity index (χ1n) is 6.05. The Morgan fingerprint density at radius 1 is 1.29 bits per heavy atom. The van der Waals surface area contributed by atoms with Gasteiger partial charge in [-0.2, -0.15) is 0 Å². The number of primary amides is 1. The lowest BCUT2D eigenvalue weighted by Gasteiger charge is -2.15. The zero-order valence-corrected chi connectivity index (χ0v) is 10.5. The van der Waals surface area contributed by atoms with Crippen molar-refractivity contribution in [1.29, 1.82) is 0 Å². The van der Waals surface area contributed by atoms with E-state index in [1.165, 1.54) is 12.8 Å². The van der Waals surface area contributed by atoms with Crippen molar-refractivity contribution in [2.75, 3.05) is 10.6 Å². The third-order valence-electron chi connectivity index (χ3n) is 2.56. The van der Waals surface area contributed by atoms with Crippen LogP contribution in [0, 0.1) is 0 Å². The molecule has 0 heterocycles. The Kier molecular flexibility index (Phi) is 5.33. The van der Waals surface area contributed by atoms with E-state index in [0.29, 0.717) is 11.7 Å². The molecule has 4 nitrogen and oxygen atoms in total. The van der Waals surface area contributed by atoms with E-state index in [2.05, 4.69) is 24.5 Å². The Hall–Kier alpha value is -1.71. The molecule has 0 radical (unpaired) electrons. The second-order valence-electron chi connectivity index (χ2n) is 4.25. The van der Waals surface area contributed by atoms with Gasteiger partial charge in [-0.25, -0.2) is 4.79 Å². The summed E-state index contributed by atoms with van der Waals surface area (Å²) < 4.78 is 0. The van der Waals surface area contributed by atoms with Gasteiger partial charge in [-0.1, -0.05) is 19.8 Å². The number of amides is 2. The molecule has 1 atom stereocenters. The van der Waals surface area contributed by atoms with Gasteiger partial charge >= 0.3 is 6.03 Å². The topological polar surface area (TPSA) is 67.2 Å². The van der Waals surface area contributed by atoms with Crippen LogP contribution in [0.15, 0.2) is 24.3 Å². The van der Waals surface area contributed by atoms with E-state index < -0.39 is 6.03 Å². The van der Waals surface area contributed by atoms with Crippen molar-refractivity contribution >= 4 is 17.4 Å². The van der Waals surface area contributed by atoms with Crippen LogP contribution in [0.5, 0.6) is 0 Å². The van der Waals surface area contributed by atoms with Crippen molar-refractivity contribution in [1.82, 2.24) is 0 Å². The zero-order chi connectivity index (χ0) is 12.7. The molecule has 1 rings (SSSR count). The van der Waals surface area contributed by atoms with E-state index in [4.69, 9.17) is 5.73 Å². The molecule has 0 fully saturated rings. The summed E-state index contributed by atoms with van der Waals surface area (Å²) in [5.41, 5.74) is 6.80. The van der Waals surface area contributed by atoms with Crippen LogP contribution in [0.4, 0.5) is 16.2 Å². The van der Waals surface area contributed by atoms with Gasteiger partial charge in [-0.15, -0.1) is 0 Å². The number of nitrogens with one attached hydrogen (secondary N) is 2. The van der Waals surface area contributed by atoms with Gasteiger partial charge in [0.1, 0.15) is 0 Å². The predicted molar refractivity (Wildman–Crippen MR) is 72.3 cm³/mol. The van der Waals surface area contributed by atoms with Gasteiger partial charge < -0.3 is 16.4 Å². The third kappa shape index (κ3) is 5.24. The molecular weight excluding hydrogens is 214 g/mol. The van der Waals surface area contributed by atoms with Crippen LogP contribution in [0.25, 0.3) is 0 Å². The van der Waals surface area contributed by atoms with Crippen molar-refractivity contribution in [3.05, 3.63) is 24.3 Å². The van der Waals surface area contributed by atoms with Crippen LogP contribution in [-0.4, -0.2) is 12.1 Å². The third-order valence-corrected chi connectivity index (χ3v) is 2.56. The lowest BCUT2D eigenvalue weighted by molar-refractivity contribution is 0.259. The molecule has 0 aromatic heterocycles. The quantitative estimate of drug-likeness (QED) is 0.709. The fourth-order valence-corrected chi connectivity index (χ4v) is 1.66. The molecule has 0 aliphatic carbocycles. The number of rotatable bonds is 6. The Bertz CT molecular complexity index is 348. The Labute approximate surface area is 103 Å². The minimum atomic E-state index is -0.540. The number of unbranched alkanes of at least 4 members (excludes halogenated alkanes) is 1. The van der Waals surface area contributed by atoms with Crippen LogP contribution in [0.1, 0.15) is 33.1 Å². The summed E-state index contributed by atoms with van der Waals surface area (Å²) >= 11 is 0. The average Bonchev–Trinajstić information content (AvgIpc) is 2.28. The summed E-state index contributed by atoms with van der Waals surface area (Å²) in [7, 11) is 0. The van der Waals surface area contributed by atoms with Crippen molar-refractivity contribution in [3.8, 4) is 0 Å². The van der Waals surface area contributed by atoms with Gasteiger partial charge in [0.15, 0.2) is 0 Å². The molecule has 1 aromatic carbocycles. The fraction of sp³-hybridized carbons (Fsp3) is 0.462. The van der Waals surface area contributed by atoms with Crippen molar-refractivity contribution in [2.24, 2.45) is 5.73 Å². The number of carbonyl (C=O) groups excluding carboxylic acids is 1. The van der Waals surface area contributed by atoms with E-state index in [1.54, 1.807) is 0 Å². The number of urea groups is 1. The molecule has 17 heavy (non-hydrogen) atoms. The summed E-state index contributed by atoms with van der Waals surface area (Å²) in [6.07, 6.45) is 3.61. The minimum Gasteiger partial charge on any atom is -0.383 e. The molecule has 0 spiro atoms. The molecule has 0 aliphatic heterocycles. The van der Waals surface area contributed by atoms with E-state index in [0.717, 1.165) is 12.1 Å². The highest BCUT2D eigenvalue weighted by atomic mass is 16.2. The normalized spacial score (nSPS) is 11.9. The number of hydrogen-bond acceptors (Lipinski definition) is 2. The van der Waals surface area contributed by atoms with Crippen molar-refractivity contribution in [2.45, 2.75) is 39.2 Å². The molecule has 0 aliphatic rings. The standard InChI is InChI=1S/C13H21N3O/c1-3-4-5-10(2)15-11-6-8-12(9-7-11)16-13(14)17/h6-10,15H,3-5H2,1-2H3,(H3,14,16,17). The smallest absolute Gasteiger partial charge is 0.316 e. The maximum Gasteiger partial charge on any atom is 0.316 e. The maximum atomic E-state index is 10.6. The number of nitrogens with two attached hydrogens (primary N) is 1. The lowest BCUT2D eigenvalue weighted by atomic mass is 10.1. The van der Waals surface area contributed by atoms with Crippen LogP contribution < -0.4 is 16.4 Å². The Morgan fingerprint density at radius 2 is 1.88 bits per heavy atom. The molecule has 1 unspecified atom stereocenters. The van der Waals surface area contributed by atoms with Crippen molar-refractivity contribution in [3.63, 3.8) is 0 Å². The molecule has 2 amide bonds. The number of carbonyl (C=O) groups is 1. The SMILES string of the molecule is CCCCC(C)Nc1ccc(NC(N)=O)cc1. The number of hydrogen-bond donors (Lipinski definition) is 3. The molecule has 0 saturated carbocycles. The predicted octanol–water partition coefficient (Wildman–Crippen LogP) is 3.17. The highest BCUT2D eigenvalue weighted by Crippen LogP contribution is 2.15. The highest BCUT2D eigenvalue weighted by molar-refractivity contribution is 5.87. The summed E-state index contributed by atoms with van der Waals surface area (Å²) in [4.78, 5) is 10.6. The summed E-state index contributed by atoms with van der Waals surface area (Å²) in [5.74, 6) is 0. The second kappa shape index (κ2) is 6.78. The van der Waals surface area contributed by atoms with Gasteiger partial charge in [0, 0.05) is 17.4 Å². The molecule has 1 aromatic rings. The Morgan fingerprint density at radius 3 is 2.41 bits per heavy atom. The second-order valence-corrected chi connectivity index (χ2v) is 4.25. The molecule has 94 valence electrons. The lowest BCUT2D eigenvalue weighted by Crippen LogP contribution is -2.19. The maximum absolute atomic E-state index is 10.6. The minimum absolute atomic E-state index is 0.463.